The topological polar surface area (TPSA) is 38.9 Å². The Morgan fingerprint density at radius 1 is 1.60 bits per heavy atom. The minimum absolute atomic E-state index is 0.636. The number of rotatable bonds is 0. The molecule has 0 atom stereocenters. The summed E-state index contributed by atoms with van der Waals surface area (Å²) < 4.78 is 0. The Hall–Kier alpha value is -1.49. The zero-order valence-corrected chi connectivity index (χ0v) is 5.76. The second-order valence-electron chi connectivity index (χ2n) is 1.82. The summed E-state index contributed by atoms with van der Waals surface area (Å²) in [5.41, 5.74) is 6.84. The zero-order chi connectivity index (χ0) is 7.40. The minimum Gasteiger partial charge on any atom is -0.396 e. The molecule has 10 heavy (non-hydrogen) atoms. The summed E-state index contributed by atoms with van der Waals surface area (Å²) in [4.78, 5) is 3.97. The largest absolute Gasteiger partial charge is 0.396 e. The van der Waals surface area contributed by atoms with Gasteiger partial charge in [-0.15, -0.1) is 0 Å². The van der Waals surface area contributed by atoms with Crippen LogP contribution in [0.2, 0.25) is 0 Å². The van der Waals surface area contributed by atoms with Crippen LogP contribution in [0.25, 0.3) is 0 Å². The van der Waals surface area contributed by atoms with Gasteiger partial charge in [-0.25, -0.2) is 4.98 Å². The lowest BCUT2D eigenvalue weighted by molar-refractivity contribution is 1.29. The highest BCUT2D eigenvalue weighted by Gasteiger charge is 1.90. The van der Waals surface area contributed by atoms with Gasteiger partial charge in [0.1, 0.15) is 5.69 Å². The van der Waals surface area contributed by atoms with Gasteiger partial charge in [0, 0.05) is 6.20 Å². The van der Waals surface area contributed by atoms with Gasteiger partial charge in [0.25, 0.3) is 0 Å². The molecule has 50 valence electrons. The van der Waals surface area contributed by atoms with E-state index in [1.807, 2.05) is 0 Å². The van der Waals surface area contributed by atoms with E-state index in [4.69, 9.17) is 5.73 Å². The summed E-state index contributed by atoms with van der Waals surface area (Å²) in [5, 5.41) is 0. The van der Waals surface area contributed by atoms with Gasteiger partial charge in [0.05, 0.1) is 5.69 Å². The van der Waals surface area contributed by atoms with E-state index in [1.165, 1.54) is 0 Å². The van der Waals surface area contributed by atoms with Crippen molar-refractivity contribution >= 4 is 5.69 Å². The van der Waals surface area contributed by atoms with Gasteiger partial charge in [0.15, 0.2) is 0 Å². The number of nitrogens with zero attached hydrogens (tertiary/aromatic N) is 1. The van der Waals surface area contributed by atoms with Crippen molar-refractivity contribution in [3.8, 4) is 11.8 Å². The van der Waals surface area contributed by atoms with Crippen LogP contribution >= 0.6 is 0 Å². The molecule has 0 bridgehead atoms. The molecule has 0 saturated carbocycles. The van der Waals surface area contributed by atoms with E-state index < -0.39 is 0 Å². The van der Waals surface area contributed by atoms with Crippen molar-refractivity contribution < 1.29 is 0 Å². The average molecular weight is 132 g/mol. The predicted molar refractivity (Wildman–Crippen MR) is 41.2 cm³/mol. The molecule has 0 radical (unpaired) electrons. The fourth-order valence-electron chi connectivity index (χ4n) is 0.641. The lowest BCUT2D eigenvalue weighted by Crippen LogP contribution is -1.91. The first-order valence-corrected chi connectivity index (χ1v) is 2.98. The van der Waals surface area contributed by atoms with Crippen LogP contribution in [0.1, 0.15) is 12.6 Å². The maximum atomic E-state index is 5.54. The summed E-state index contributed by atoms with van der Waals surface area (Å²) in [6.45, 7) is 1.76. The molecular formula is C8H8N2. The molecule has 0 saturated heterocycles. The number of hydrogen-bond donors (Lipinski definition) is 1. The van der Waals surface area contributed by atoms with Crippen molar-refractivity contribution in [2.75, 3.05) is 5.73 Å². The maximum Gasteiger partial charge on any atom is 0.136 e. The summed E-state index contributed by atoms with van der Waals surface area (Å²) in [6.07, 6.45) is 1.68. The molecule has 0 spiro atoms. The maximum absolute atomic E-state index is 5.54. The summed E-state index contributed by atoms with van der Waals surface area (Å²) in [7, 11) is 0. The molecule has 0 aliphatic carbocycles. The standard InChI is InChI=1S/C8H8N2/c1-2-4-8-7(9)5-3-6-10-8/h3,5-6H,9H2,1H3. The molecule has 0 aromatic carbocycles. The van der Waals surface area contributed by atoms with E-state index in [0.29, 0.717) is 11.4 Å². The van der Waals surface area contributed by atoms with E-state index in [-0.39, 0.29) is 0 Å². The molecule has 1 heterocycles. The predicted octanol–water partition coefficient (Wildman–Crippen LogP) is 1.04. The molecule has 2 heteroatoms. The van der Waals surface area contributed by atoms with Crippen molar-refractivity contribution in [3.63, 3.8) is 0 Å². The highest BCUT2D eigenvalue weighted by molar-refractivity contribution is 5.50. The third-order valence-electron chi connectivity index (χ3n) is 1.08. The molecule has 1 aromatic rings. The second-order valence-corrected chi connectivity index (χ2v) is 1.82. The van der Waals surface area contributed by atoms with Crippen LogP contribution in [-0.2, 0) is 0 Å². The van der Waals surface area contributed by atoms with Crippen molar-refractivity contribution in [1.82, 2.24) is 4.98 Å². The molecule has 2 nitrogen and oxygen atoms in total. The Morgan fingerprint density at radius 3 is 3.00 bits per heavy atom. The lowest BCUT2D eigenvalue weighted by atomic mass is 10.3. The molecule has 0 aliphatic rings. The van der Waals surface area contributed by atoms with Gasteiger partial charge in [-0.3, -0.25) is 0 Å². The van der Waals surface area contributed by atoms with Crippen molar-refractivity contribution in [1.29, 1.82) is 0 Å². The van der Waals surface area contributed by atoms with Gasteiger partial charge in [-0.2, -0.15) is 0 Å². The van der Waals surface area contributed by atoms with E-state index in [9.17, 15) is 0 Å². The quantitative estimate of drug-likeness (QED) is 0.535. The third kappa shape index (κ3) is 1.26. The molecular weight excluding hydrogens is 124 g/mol. The summed E-state index contributed by atoms with van der Waals surface area (Å²) in [5.74, 6) is 5.52. The molecule has 2 N–H and O–H groups in total. The lowest BCUT2D eigenvalue weighted by Gasteiger charge is -1.92. The molecule has 1 aromatic heterocycles. The smallest absolute Gasteiger partial charge is 0.136 e. The van der Waals surface area contributed by atoms with Crippen molar-refractivity contribution in [2.45, 2.75) is 6.92 Å². The number of hydrogen-bond acceptors (Lipinski definition) is 2. The third-order valence-corrected chi connectivity index (χ3v) is 1.08. The molecule has 1 rings (SSSR count). The number of aromatic nitrogens is 1. The normalized spacial score (nSPS) is 8.10. The van der Waals surface area contributed by atoms with Crippen molar-refractivity contribution in [3.05, 3.63) is 24.0 Å². The number of nitrogens with two attached hydrogens (primary N) is 1. The van der Waals surface area contributed by atoms with E-state index in [2.05, 4.69) is 16.8 Å². The van der Waals surface area contributed by atoms with Gasteiger partial charge in [-0.05, 0) is 25.0 Å². The molecule has 0 amide bonds. The van der Waals surface area contributed by atoms with Gasteiger partial charge in [0.2, 0.25) is 0 Å². The van der Waals surface area contributed by atoms with E-state index in [1.54, 1.807) is 25.3 Å². The Bertz CT molecular complexity index is 281. The van der Waals surface area contributed by atoms with Crippen LogP contribution in [0.5, 0.6) is 0 Å². The van der Waals surface area contributed by atoms with Crippen LogP contribution < -0.4 is 5.73 Å². The Balaban J connectivity index is 3.11. The monoisotopic (exact) mass is 132 g/mol. The highest BCUT2D eigenvalue weighted by Crippen LogP contribution is 2.03. The van der Waals surface area contributed by atoms with Crippen LogP contribution in [-0.4, -0.2) is 4.98 Å². The van der Waals surface area contributed by atoms with Crippen LogP contribution in [0.15, 0.2) is 18.3 Å². The molecule has 0 fully saturated rings. The minimum atomic E-state index is 0.636. The second kappa shape index (κ2) is 2.88. The van der Waals surface area contributed by atoms with E-state index >= 15 is 0 Å². The van der Waals surface area contributed by atoms with E-state index in [0.717, 1.165) is 0 Å². The fraction of sp³-hybridized carbons (Fsp3) is 0.125. The zero-order valence-electron chi connectivity index (χ0n) is 5.76. The summed E-state index contributed by atoms with van der Waals surface area (Å²) in [6, 6.07) is 3.57. The highest BCUT2D eigenvalue weighted by atomic mass is 14.7. The fourth-order valence-corrected chi connectivity index (χ4v) is 0.641. The van der Waals surface area contributed by atoms with Crippen LogP contribution in [0.3, 0.4) is 0 Å². The van der Waals surface area contributed by atoms with Gasteiger partial charge in [-0.1, -0.05) is 5.92 Å². The molecule has 0 aliphatic heterocycles. The number of nitrogen functional groups attached to an aromatic ring is 1. The first-order valence-electron chi connectivity index (χ1n) is 2.98. The Kier molecular flexibility index (Phi) is 1.91. The average Bonchev–Trinajstić information content (AvgIpc) is 1.94. The number of pyridine rings is 1. The number of anilines is 1. The Labute approximate surface area is 60.1 Å². The first-order chi connectivity index (χ1) is 4.84. The van der Waals surface area contributed by atoms with Gasteiger partial charge >= 0.3 is 0 Å². The van der Waals surface area contributed by atoms with Crippen LogP contribution in [0, 0.1) is 11.8 Å². The Morgan fingerprint density at radius 2 is 2.40 bits per heavy atom. The van der Waals surface area contributed by atoms with Crippen LogP contribution in [0.4, 0.5) is 5.69 Å². The van der Waals surface area contributed by atoms with Gasteiger partial charge < -0.3 is 5.73 Å². The SMILES string of the molecule is CC#Cc1ncccc1N. The summed E-state index contributed by atoms with van der Waals surface area (Å²) >= 11 is 0. The first kappa shape index (κ1) is 6.63. The molecule has 0 unspecified atom stereocenters. The van der Waals surface area contributed by atoms with Crippen molar-refractivity contribution in [2.24, 2.45) is 0 Å².